The maximum Gasteiger partial charge on any atom is 0.277 e. The Bertz CT molecular complexity index is 366. The van der Waals surface area contributed by atoms with Gasteiger partial charge in [-0.25, -0.2) is 13.2 Å². The summed E-state index contributed by atoms with van der Waals surface area (Å²) in [6.45, 7) is -0.614. The Morgan fingerprint density at radius 2 is 1.94 bits per heavy atom. The molecule has 0 heterocycles. The number of hydrogen-bond donors (Lipinski definition) is 1. The van der Waals surface area contributed by atoms with Crippen LogP contribution in [0.3, 0.4) is 0 Å². The summed E-state index contributed by atoms with van der Waals surface area (Å²) in [5.41, 5.74) is -0.147. The Morgan fingerprint density at radius 1 is 1.31 bits per heavy atom. The van der Waals surface area contributed by atoms with Crippen molar-refractivity contribution in [1.82, 2.24) is 0 Å². The number of rotatable bonds is 4. The van der Waals surface area contributed by atoms with Crippen molar-refractivity contribution in [1.29, 1.82) is 0 Å². The van der Waals surface area contributed by atoms with E-state index in [0.29, 0.717) is 0 Å². The molecule has 0 fully saturated rings. The summed E-state index contributed by atoms with van der Waals surface area (Å²) in [5, 5.41) is 8.58. The molecule has 0 aliphatic heterocycles. The van der Waals surface area contributed by atoms with Crippen LogP contribution < -0.4 is 4.90 Å². The van der Waals surface area contributed by atoms with Crippen LogP contribution in [0.5, 0.6) is 0 Å². The van der Waals surface area contributed by atoms with Crippen molar-refractivity contribution in [2.24, 2.45) is 0 Å². The first-order chi connectivity index (χ1) is 7.38. The van der Waals surface area contributed by atoms with Crippen LogP contribution in [-0.4, -0.2) is 25.8 Å². The SMILES string of the molecule is CN(C)c1cc(F)ccc1C(F)(F)CCO. The Balaban J connectivity index is 3.22. The van der Waals surface area contributed by atoms with Crippen molar-refractivity contribution >= 4 is 5.69 Å². The number of aliphatic hydroxyl groups excluding tert-OH is 1. The largest absolute Gasteiger partial charge is 0.396 e. The van der Waals surface area contributed by atoms with E-state index in [9.17, 15) is 13.2 Å². The van der Waals surface area contributed by atoms with Crippen LogP contribution >= 0.6 is 0 Å². The maximum absolute atomic E-state index is 13.6. The van der Waals surface area contributed by atoms with Gasteiger partial charge in [-0.15, -0.1) is 0 Å². The summed E-state index contributed by atoms with van der Waals surface area (Å²) in [4.78, 5) is 1.42. The molecule has 0 aromatic heterocycles. The minimum Gasteiger partial charge on any atom is -0.396 e. The second kappa shape index (κ2) is 4.74. The van der Waals surface area contributed by atoms with Crippen molar-refractivity contribution in [3.05, 3.63) is 29.6 Å². The van der Waals surface area contributed by atoms with E-state index in [4.69, 9.17) is 5.11 Å². The highest BCUT2D eigenvalue weighted by atomic mass is 19.3. The van der Waals surface area contributed by atoms with Crippen LogP contribution in [-0.2, 0) is 5.92 Å². The summed E-state index contributed by atoms with van der Waals surface area (Å²) < 4.78 is 40.2. The van der Waals surface area contributed by atoms with E-state index in [1.165, 1.54) is 4.90 Å². The molecule has 0 amide bonds. The molecule has 0 radical (unpaired) electrons. The number of nitrogens with zero attached hydrogens (tertiary/aromatic N) is 1. The van der Waals surface area contributed by atoms with Crippen LogP contribution in [0, 0.1) is 5.82 Å². The molecule has 0 spiro atoms. The summed E-state index contributed by atoms with van der Waals surface area (Å²) in [7, 11) is 3.13. The average Bonchev–Trinajstić information content (AvgIpc) is 2.16. The molecule has 1 aromatic carbocycles. The van der Waals surface area contributed by atoms with Crippen LogP contribution in [0.15, 0.2) is 18.2 Å². The molecule has 2 nitrogen and oxygen atoms in total. The van der Waals surface area contributed by atoms with Gasteiger partial charge in [-0.2, -0.15) is 0 Å². The molecule has 5 heteroatoms. The van der Waals surface area contributed by atoms with Gasteiger partial charge in [0.15, 0.2) is 0 Å². The lowest BCUT2D eigenvalue weighted by atomic mass is 10.0. The topological polar surface area (TPSA) is 23.5 Å². The van der Waals surface area contributed by atoms with E-state index >= 15 is 0 Å². The predicted molar refractivity (Wildman–Crippen MR) is 56.3 cm³/mol. The van der Waals surface area contributed by atoms with Crippen molar-refractivity contribution in [2.75, 3.05) is 25.6 Å². The van der Waals surface area contributed by atoms with E-state index in [1.807, 2.05) is 0 Å². The normalized spacial score (nSPS) is 11.6. The Kier molecular flexibility index (Phi) is 3.80. The van der Waals surface area contributed by atoms with Gasteiger partial charge < -0.3 is 10.0 Å². The van der Waals surface area contributed by atoms with E-state index in [-0.39, 0.29) is 11.3 Å². The first kappa shape index (κ1) is 12.8. The zero-order valence-electron chi connectivity index (χ0n) is 9.17. The Labute approximate surface area is 92.3 Å². The van der Waals surface area contributed by atoms with E-state index in [1.54, 1.807) is 14.1 Å². The lowest BCUT2D eigenvalue weighted by Gasteiger charge is -2.23. The molecular weight excluding hydrogens is 219 g/mol. The zero-order valence-corrected chi connectivity index (χ0v) is 9.17. The quantitative estimate of drug-likeness (QED) is 0.863. The summed E-state index contributed by atoms with van der Waals surface area (Å²) in [5.74, 6) is -3.71. The number of aliphatic hydroxyl groups is 1. The smallest absolute Gasteiger partial charge is 0.277 e. The molecule has 0 saturated carbocycles. The van der Waals surface area contributed by atoms with Crippen molar-refractivity contribution < 1.29 is 18.3 Å². The molecule has 0 unspecified atom stereocenters. The van der Waals surface area contributed by atoms with Crippen LogP contribution in [0.2, 0.25) is 0 Å². The summed E-state index contributed by atoms with van der Waals surface area (Å²) in [6, 6.07) is 3.11. The summed E-state index contributed by atoms with van der Waals surface area (Å²) in [6.07, 6.45) is -0.667. The molecule has 1 N–H and O–H groups in total. The number of hydrogen-bond acceptors (Lipinski definition) is 2. The van der Waals surface area contributed by atoms with Crippen LogP contribution in [0.1, 0.15) is 12.0 Å². The maximum atomic E-state index is 13.6. The van der Waals surface area contributed by atoms with Gasteiger partial charge in [0.25, 0.3) is 5.92 Å². The monoisotopic (exact) mass is 233 g/mol. The van der Waals surface area contributed by atoms with Crippen LogP contribution in [0.4, 0.5) is 18.9 Å². The van der Waals surface area contributed by atoms with Crippen LogP contribution in [0.25, 0.3) is 0 Å². The lowest BCUT2D eigenvalue weighted by molar-refractivity contribution is -0.0264. The van der Waals surface area contributed by atoms with Gasteiger partial charge in [0, 0.05) is 38.4 Å². The van der Waals surface area contributed by atoms with Gasteiger partial charge in [-0.1, -0.05) is 0 Å². The molecular formula is C11H14F3NO. The predicted octanol–water partition coefficient (Wildman–Crippen LogP) is 2.37. The summed E-state index contributed by atoms with van der Waals surface area (Å²) >= 11 is 0. The highest BCUT2D eigenvalue weighted by Crippen LogP contribution is 2.37. The first-order valence-electron chi connectivity index (χ1n) is 4.84. The van der Waals surface area contributed by atoms with E-state index < -0.39 is 24.8 Å². The number of halogens is 3. The van der Waals surface area contributed by atoms with Gasteiger partial charge in [-0.05, 0) is 18.2 Å². The molecule has 0 atom stereocenters. The lowest BCUT2D eigenvalue weighted by Crippen LogP contribution is -2.21. The third-order valence-electron chi connectivity index (χ3n) is 2.26. The van der Waals surface area contributed by atoms with E-state index in [0.717, 1.165) is 18.2 Å². The fraction of sp³-hybridized carbons (Fsp3) is 0.455. The minimum absolute atomic E-state index is 0.124. The third kappa shape index (κ3) is 2.66. The second-order valence-electron chi connectivity index (χ2n) is 3.73. The Morgan fingerprint density at radius 3 is 2.44 bits per heavy atom. The molecule has 0 aliphatic carbocycles. The Hall–Kier alpha value is -1.23. The molecule has 1 aromatic rings. The zero-order chi connectivity index (χ0) is 12.3. The standard InChI is InChI=1S/C11H14F3NO/c1-15(2)10-7-8(12)3-4-9(10)11(13,14)5-6-16/h3-4,7,16H,5-6H2,1-2H3. The number of anilines is 1. The van der Waals surface area contributed by atoms with Gasteiger partial charge in [0.05, 0.1) is 0 Å². The highest BCUT2D eigenvalue weighted by Gasteiger charge is 2.33. The average molecular weight is 233 g/mol. The highest BCUT2D eigenvalue weighted by molar-refractivity contribution is 5.54. The second-order valence-corrected chi connectivity index (χ2v) is 3.73. The molecule has 90 valence electrons. The van der Waals surface area contributed by atoms with Crippen molar-refractivity contribution in [3.63, 3.8) is 0 Å². The van der Waals surface area contributed by atoms with Crippen molar-refractivity contribution in [2.45, 2.75) is 12.3 Å². The fourth-order valence-electron chi connectivity index (χ4n) is 1.46. The number of benzene rings is 1. The van der Waals surface area contributed by atoms with Gasteiger partial charge in [0.1, 0.15) is 5.82 Å². The van der Waals surface area contributed by atoms with Gasteiger partial charge in [-0.3, -0.25) is 0 Å². The first-order valence-corrected chi connectivity index (χ1v) is 4.84. The molecule has 0 bridgehead atoms. The molecule has 16 heavy (non-hydrogen) atoms. The van der Waals surface area contributed by atoms with E-state index in [2.05, 4.69) is 0 Å². The van der Waals surface area contributed by atoms with Gasteiger partial charge in [0.2, 0.25) is 0 Å². The molecule has 0 aliphatic rings. The molecule has 0 saturated heterocycles. The van der Waals surface area contributed by atoms with Gasteiger partial charge >= 0.3 is 0 Å². The fourth-order valence-corrected chi connectivity index (χ4v) is 1.46. The number of alkyl halides is 2. The minimum atomic E-state index is -3.15. The third-order valence-corrected chi connectivity index (χ3v) is 2.26. The van der Waals surface area contributed by atoms with Crippen molar-refractivity contribution in [3.8, 4) is 0 Å². The molecule has 1 rings (SSSR count).